The van der Waals surface area contributed by atoms with Crippen LogP contribution in [0.2, 0.25) is 0 Å². The van der Waals surface area contributed by atoms with Crippen LogP contribution >= 0.6 is 27.7 Å². The molecule has 2 rings (SSSR count). The van der Waals surface area contributed by atoms with E-state index in [9.17, 15) is 0 Å². The fourth-order valence-corrected chi connectivity index (χ4v) is 2.31. The van der Waals surface area contributed by atoms with Gasteiger partial charge >= 0.3 is 0 Å². The zero-order valence-electron chi connectivity index (χ0n) is 9.27. The lowest BCUT2D eigenvalue weighted by atomic mass is 10.3. The molecule has 3 nitrogen and oxygen atoms in total. The lowest BCUT2D eigenvalue weighted by Crippen LogP contribution is -1.96. The number of nitrogens with zero attached hydrogens (tertiary/aromatic N) is 1. The third-order valence-electron chi connectivity index (χ3n) is 2.19. The molecule has 1 aromatic carbocycles. The number of pyridine rings is 1. The van der Waals surface area contributed by atoms with Gasteiger partial charge in [-0.05, 0) is 46.5 Å². The predicted octanol–water partition coefficient (Wildman–Crippen LogP) is 3.89. The summed E-state index contributed by atoms with van der Waals surface area (Å²) in [5.41, 5.74) is 7.29. The molecule has 1 heterocycles. The van der Waals surface area contributed by atoms with Gasteiger partial charge in [-0.1, -0.05) is 6.07 Å². The van der Waals surface area contributed by atoms with Crippen LogP contribution in [0.25, 0.3) is 0 Å². The first-order valence-electron chi connectivity index (χ1n) is 5.01. The van der Waals surface area contributed by atoms with Gasteiger partial charge in [-0.15, -0.1) is 11.8 Å². The third-order valence-corrected chi connectivity index (χ3v) is 3.52. The van der Waals surface area contributed by atoms with E-state index >= 15 is 0 Å². The summed E-state index contributed by atoms with van der Waals surface area (Å²) in [5.74, 6) is 0.762. The molecule has 5 heteroatoms. The Morgan fingerprint density at radius 3 is 2.88 bits per heavy atom. The van der Waals surface area contributed by atoms with Gasteiger partial charge in [0.25, 0.3) is 0 Å². The second kappa shape index (κ2) is 5.42. The molecule has 0 aliphatic carbocycles. The highest BCUT2D eigenvalue weighted by Crippen LogP contribution is 2.26. The molecule has 0 spiro atoms. The maximum absolute atomic E-state index is 5.64. The van der Waals surface area contributed by atoms with E-state index in [1.54, 1.807) is 18.0 Å². The Morgan fingerprint density at radius 2 is 2.18 bits per heavy atom. The van der Waals surface area contributed by atoms with Gasteiger partial charge in [-0.2, -0.15) is 0 Å². The monoisotopic (exact) mass is 309 g/mol. The van der Waals surface area contributed by atoms with Crippen molar-refractivity contribution < 1.29 is 0 Å². The highest BCUT2D eigenvalue weighted by atomic mass is 79.9. The van der Waals surface area contributed by atoms with Gasteiger partial charge in [0.1, 0.15) is 5.82 Å². The molecule has 0 saturated heterocycles. The van der Waals surface area contributed by atoms with E-state index in [0.29, 0.717) is 5.69 Å². The van der Waals surface area contributed by atoms with Gasteiger partial charge in [0.05, 0.1) is 16.4 Å². The van der Waals surface area contributed by atoms with Crippen molar-refractivity contribution >= 4 is 44.9 Å². The summed E-state index contributed by atoms with van der Waals surface area (Å²) in [7, 11) is 0. The van der Waals surface area contributed by atoms with E-state index in [1.807, 2.05) is 18.2 Å². The molecule has 2 aromatic rings. The van der Waals surface area contributed by atoms with Crippen molar-refractivity contribution in [3.05, 3.63) is 41.0 Å². The summed E-state index contributed by atoms with van der Waals surface area (Å²) >= 11 is 5.14. The number of nitrogens with two attached hydrogens (primary N) is 1. The zero-order chi connectivity index (χ0) is 12.3. The van der Waals surface area contributed by atoms with Crippen molar-refractivity contribution in [2.75, 3.05) is 17.3 Å². The van der Waals surface area contributed by atoms with Crippen LogP contribution in [0.15, 0.2) is 45.9 Å². The molecule has 0 radical (unpaired) electrons. The molecular formula is C12H12BrN3S. The number of halogens is 1. The Balaban J connectivity index is 2.25. The first-order valence-corrected chi connectivity index (χ1v) is 7.03. The molecule has 0 amide bonds. The van der Waals surface area contributed by atoms with Crippen LogP contribution in [0.1, 0.15) is 0 Å². The van der Waals surface area contributed by atoms with Crippen molar-refractivity contribution in [2.45, 2.75) is 4.90 Å². The minimum Gasteiger partial charge on any atom is -0.397 e. The van der Waals surface area contributed by atoms with Gasteiger partial charge in [0.15, 0.2) is 0 Å². The summed E-state index contributed by atoms with van der Waals surface area (Å²) in [6.07, 6.45) is 3.68. The largest absolute Gasteiger partial charge is 0.397 e. The zero-order valence-corrected chi connectivity index (χ0v) is 11.7. The number of hydrogen-bond acceptors (Lipinski definition) is 4. The maximum atomic E-state index is 5.64. The van der Waals surface area contributed by atoms with Crippen LogP contribution in [-0.2, 0) is 0 Å². The van der Waals surface area contributed by atoms with Crippen LogP contribution in [-0.4, -0.2) is 11.2 Å². The smallest absolute Gasteiger partial charge is 0.144 e. The molecular weight excluding hydrogens is 298 g/mol. The van der Waals surface area contributed by atoms with Crippen molar-refractivity contribution in [1.82, 2.24) is 4.98 Å². The SMILES string of the molecule is CSc1cccc(Nc2ncc(N)cc2Br)c1. The van der Waals surface area contributed by atoms with E-state index < -0.39 is 0 Å². The van der Waals surface area contributed by atoms with Gasteiger partial charge in [0, 0.05) is 10.6 Å². The Hall–Kier alpha value is -1.20. The minimum atomic E-state index is 0.639. The number of anilines is 3. The lowest BCUT2D eigenvalue weighted by molar-refractivity contribution is 1.29. The van der Waals surface area contributed by atoms with Crippen LogP contribution < -0.4 is 11.1 Å². The molecule has 0 aliphatic heterocycles. The quantitative estimate of drug-likeness (QED) is 0.845. The van der Waals surface area contributed by atoms with Crippen LogP contribution in [0.4, 0.5) is 17.2 Å². The average molecular weight is 310 g/mol. The molecule has 0 fully saturated rings. The van der Waals surface area contributed by atoms with E-state index in [-0.39, 0.29) is 0 Å². The van der Waals surface area contributed by atoms with E-state index in [0.717, 1.165) is 16.0 Å². The minimum absolute atomic E-state index is 0.639. The maximum Gasteiger partial charge on any atom is 0.144 e. The van der Waals surface area contributed by atoms with Crippen molar-refractivity contribution in [3.8, 4) is 0 Å². The highest BCUT2D eigenvalue weighted by molar-refractivity contribution is 9.10. The highest BCUT2D eigenvalue weighted by Gasteiger charge is 2.02. The molecule has 0 saturated carbocycles. The fourth-order valence-electron chi connectivity index (χ4n) is 1.38. The molecule has 0 aliphatic rings. The second-order valence-corrected chi connectivity index (χ2v) is 5.19. The van der Waals surface area contributed by atoms with Crippen molar-refractivity contribution in [1.29, 1.82) is 0 Å². The van der Waals surface area contributed by atoms with Gasteiger partial charge in [-0.25, -0.2) is 4.98 Å². The number of nitrogens with one attached hydrogen (secondary N) is 1. The normalized spacial score (nSPS) is 10.2. The molecule has 88 valence electrons. The molecule has 1 aromatic heterocycles. The van der Waals surface area contributed by atoms with Crippen LogP contribution in [0, 0.1) is 0 Å². The summed E-state index contributed by atoms with van der Waals surface area (Å²) in [6.45, 7) is 0. The number of thioether (sulfide) groups is 1. The number of hydrogen-bond donors (Lipinski definition) is 2. The molecule has 3 N–H and O–H groups in total. The summed E-state index contributed by atoms with van der Waals surface area (Å²) in [6, 6.07) is 9.99. The van der Waals surface area contributed by atoms with Gasteiger partial charge in [-0.3, -0.25) is 0 Å². The number of rotatable bonds is 3. The van der Waals surface area contributed by atoms with E-state index in [4.69, 9.17) is 5.73 Å². The Morgan fingerprint density at radius 1 is 1.35 bits per heavy atom. The summed E-state index contributed by atoms with van der Waals surface area (Å²) < 4.78 is 0.854. The van der Waals surface area contributed by atoms with Crippen LogP contribution in [0.5, 0.6) is 0 Å². The van der Waals surface area contributed by atoms with Crippen molar-refractivity contribution in [3.63, 3.8) is 0 Å². The lowest BCUT2D eigenvalue weighted by Gasteiger charge is -2.08. The molecule has 17 heavy (non-hydrogen) atoms. The second-order valence-electron chi connectivity index (χ2n) is 3.46. The number of aromatic nitrogens is 1. The fraction of sp³-hybridized carbons (Fsp3) is 0.0833. The number of benzene rings is 1. The van der Waals surface area contributed by atoms with E-state index in [2.05, 4.69) is 44.6 Å². The molecule has 0 bridgehead atoms. The Bertz CT molecular complexity index is 531. The standard InChI is InChI=1S/C12H12BrN3S/c1-17-10-4-2-3-9(6-10)16-12-11(13)5-8(14)7-15-12/h2-7H,14H2,1H3,(H,15,16). The summed E-state index contributed by atoms with van der Waals surface area (Å²) in [5, 5.41) is 3.25. The average Bonchev–Trinajstić information content (AvgIpc) is 2.33. The van der Waals surface area contributed by atoms with Crippen molar-refractivity contribution in [2.24, 2.45) is 0 Å². The number of nitrogen functional groups attached to an aromatic ring is 1. The first kappa shape index (κ1) is 12.3. The topological polar surface area (TPSA) is 50.9 Å². The third kappa shape index (κ3) is 3.14. The predicted molar refractivity (Wildman–Crippen MR) is 77.9 cm³/mol. The molecule has 0 atom stereocenters. The summed E-state index contributed by atoms with van der Waals surface area (Å²) in [4.78, 5) is 5.45. The van der Waals surface area contributed by atoms with Gasteiger partial charge < -0.3 is 11.1 Å². The molecule has 0 unspecified atom stereocenters. The van der Waals surface area contributed by atoms with Gasteiger partial charge in [0.2, 0.25) is 0 Å². The van der Waals surface area contributed by atoms with E-state index in [1.165, 1.54) is 4.90 Å². The Labute approximate surface area is 113 Å². The van der Waals surface area contributed by atoms with Crippen LogP contribution in [0.3, 0.4) is 0 Å². The first-order chi connectivity index (χ1) is 8.19. The Kier molecular flexibility index (Phi) is 3.91.